The summed E-state index contributed by atoms with van der Waals surface area (Å²) >= 11 is 0. The Hall–Kier alpha value is -1.10. The zero-order valence-corrected chi connectivity index (χ0v) is 12.0. The monoisotopic (exact) mass is 258 g/mol. The first-order valence-electron chi connectivity index (χ1n) is 6.47. The average molecular weight is 258 g/mol. The second-order valence-corrected chi connectivity index (χ2v) is 5.29. The van der Waals surface area contributed by atoms with Crippen LogP contribution in [-0.4, -0.2) is 35.6 Å². The summed E-state index contributed by atoms with van der Waals surface area (Å²) < 4.78 is 0. The van der Waals surface area contributed by atoms with E-state index in [4.69, 9.17) is 5.11 Å². The van der Waals surface area contributed by atoms with Gasteiger partial charge in [-0.05, 0) is 18.3 Å². The van der Waals surface area contributed by atoms with Crippen LogP contribution in [0.4, 0.5) is 0 Å². The predicted octanol–water partition coefficient (Wildman–Crippen LogP) is 0.670. The number of carbonyl (C=O) groups is 2. The molecule has 0 bridgehead atoms. The number of nitrogens with one attached hydrogen (secondary N) is 2. The van der Waals surface area contributed by atoms with Crippen molar-refractivity contribution in [3.63, 3.8) is 0 Å². The summed E-state index contributed by atoms with van der Waals surface area (Å²) in [4.78, 5) is 23.2. The topological polar surface area (TPSA) is 78.4 Å². The highest BCUT2D eigenvalue weighted by atomic mass is 16.3. The Morgan fingerprint density at radius 2 is 1.61 bits per heavy atom. The standard InChI is InChI=1S/C13H26N2O3/c1-8(2)11(6-7-16)15-13(18)12(9(3)4)14-10(5)17/h8-9,11-12,16H,6-7H2,1-5H3,(H,14,17)(H,15,18). The van der Waals surface area contributed by atoms with Crippen LogP contribution in [0, 0.1) is 11.8 Å². The van der Waals surface area contributed by atoms with Gasteiger partial charge in [0.2, 0.25) is 11.8 Å². The van der Waals surface area contributed by atoms with Crippen molar-refractivity contribution >= 4 is 11.8 Å². The zero-order chi connectivity index (χ0) is 14.3. The van der Waals surface area contributed by atoms with E-state index in [1.54, 1.807) is 0 Å². The molecular formula is C13H26N2O3. The van der Waals surface area contributed by atoms with Crippen LogP contribution >= 0.6 is 0 Å². The van der Waals surface area contributed by atoms with Gasteiger partial charge in [0.25, 0.3) is 0 Å². The first kappa shape index (κ1) is 16.9. The first-order chi connectivity index (χ1) is 8.29. The van der Waals surface area contributed by atoms with Gasteiger partial charge in [-0.2, -0.15) is 0 Å². The van der Waals surface area contributed by atoms with E-state index in [1.807, 2.05) is 27.7 Å². The van der Waals surface area contributed by atoms with Crippen molar-refractivity contribution < 1.29 is 14.7 Å². The highest BCUT2D eigenvalue weighted by Crippen LogP contribution is 2.08. The third kappa shape index (κ3) is 6.00. The van der Waals surface area contributed by atoms with Gasteiger partial charge in [-0.25, -0.2) is 0 Å². The smallest absolute Gasteiger partial charge is 0.243 e. The lowest BCUT2D eigenvalue weighted by atomic mass is 9.98. The van der Waals surface area contributed by atoms with Crippen LogP contribution in [0.25, 0.3) is 0 Å². The van der Waals surface area contributed by atoms with Crippen LogP contribution in [-0.2, 0) is 9.59 Å². The molecule has 0 aromatic heterocycles. The number of hydrogen-bond donors (Lipinski definition) is 3. The number of aliphatic hydroxyl groups excluding tert-OH is 1. The second kappa shape index (κ2) is 8.08. The molecule has 0 fully saturated rings. The molecule has 2 amide bonds. The molecule has 0 aromatic rings. The molecule has 0 aliphatic carbocycles. The number of carbonyl (C=O) groups excluding carboxylic acids is 2. The number of hydrogen-bond acceptors (Lipinski definition) is 3. The van der Waals surface area contributed by atoms with E-state index in [1.165, 1.54) is 6.92 Å². The van der Waals surface area contributed by atoms with E-state index in [9.17, 15) is 9.59 Å². The molecule has 3 N–H and O–H groups in total. The molecule has 5 nitrogen and oxygen atoms in total. The summed E-state index contributed by atoms with van der Waals surface area (Å²) in [5, 5.41) is 14.5. The summed E-state index contributed by atoms with van der Waals surface area (Å²) in [5.41, 5.74) is 0. The Labute approximate surface area is 109 Å². The van der Waals surface area contributed by atoms with Gasteiger partial charge in [0.05, 0.1) is 0 Å². The molecule has 0 aromatic carbocycles. The third-order valence-corrected chi connectivity index (χ3v) is 2.88. The molecule has 0 heterocycles. The maximum atomic E-state index is 12.1. The largest absolute Gasteiger partial charge is 0.396 e. The van der Waals surface area contributed by atoms with E-state index in [0.29, 0.717) is 6.42 Å². The van der Waals surface area contributed by atoms with Crippen molar-refractivity contribution in [3.05, 3.63) is 0 Å². The van der Waals surface area contributed by atoms with E-state index in [0.717, 1.165) is 0 Å². The van der Waals surface area contributed by atoms with Crippen molar-refractivity contribution in [2.24, 2.45) is 11.8 Å². The van der Waals surface area contributed by atoms with Crippen molar-refractivity contribution in [1.29, 1.82) is 0 Å². The lowest BCUT2D eigenvalue weighted by Crippen LogP contribution is -2.52. The van der Waals surface area contributed by atoms with Gasteiger partial charge in [-0.3, -0.25) is 9.59 Å². The summed E-state index contributed by atoms with van der Waals surface area (Å²) in [7, 11) is 0. The normalized spacial score (nSPS) is 14.4. The van der Waals surface area contributed by atoms with Crippen molar-refractivity contribution in [3.8, 4) is 0 Å². The number of rotatable bonds is 7. The van der Waals surface area contributed by atoms with Crippen molar-refractivity contribution in [2.75, 3.05) is 6.61 Å². The van der Waals surface area contributed by atoms with E-state index in [-0.39, 0.29) is 36.3 Å². The van der Waals surface area contributed by atoms with Crippen LogP contribution in [0.3, 0.4) is 0 Å². The average Bonchev–Trinajstić information content (AvgIpc) is 2.24. The summed E-state index contributed by atoms with van der Waals surface area (Å²) in [6.07, 6.45) is 0.522. The molecule has 0 saturated carbocycles. The third-order valence-electron chi connectivity index (χ3n) is 2.88. The van der Waals surface area contributed by atoms with Gasteiger partial charge in [-0.15, -0.1) is 0 Å². The molecule has 0 spiro atoms. The van der Waals surface area contributed by atoms with Crippen molar-refractivity contribution in [1.82, 2.24) is 10.6 Å². The van der Waals surface area contributed by atoms with E-state index >= 15 is 0 Å². The Balaban J connectivity index is 4.61. The SMILES string of the molecule is CC(=O)NC(C(=O)NC(CCO)C(C)C)C(C)C. The maximum absolute atomic E-state index is 12.1. The Kier molecular flexibility index (Phi) is 7.59. The minimum atomic E-state index is -0.526. The molecule has 0 saturated heterocycles. The summed E-state index contributed by atoms with van der Waals surface area (Å²) in [6.45, 7) is 9.19. The molecule has 0 aliphatic heterocycles. The minimum absolute atomic E-state index is 0.0239. The number of amides is 2. The lowest BCUT2D eigenvalue weighted by Gasteiger charge is -2.27. The van der Waals surface area contributed by atoms with E-state index < -0.39 is 6.04 Å². The fourth-order valence-corrected chi connectivity index (χ4v) is 1.74. The highest BCUT2D eigenvalue weighted by Gasteiger charge is 2.25. The minimum Gasteiger partial charge on any atom is -0.396 e. The Bertz CT molecular complexity index is 277. The molecule has 2 atom stereocenters. The molecule has 0 aliphatic rings. The van der Waals surface area contributed by atoms with Gasteiger partial charge >= 0.3 is 0 Å². The summed E-state index contributed by atoms with van der Waals surface area (Å²) in [6, 6.07) is -0.597. The maximum Gasteiger partial charge on any atom is 0.243 e. The lowest BCUT2D eigenvalue weighted by molar-refractivity contribution is -0.130. The molecule has 18 heavy (non-hydrogen) atoms. The van der Waals surface area contributed by atoms with Crippen LogP contribution in [0.5, 0.6) is 0 Å². The quantitative estimate of drug-likeness (QED) is 0.628. The fraction of sp³-hybridized carbons (Fsp3) is 0.846. The molecule has 5 heteroatoms. The van der Waals surface area contributed by atoms with Crippen LogP contribution in [0.15, 0.2) is 0 Å². The van der Waals surface area contributed by atoms with Gasteiger partial charge in [0, 0.05) is 19.6 Å². The Morgan fingerprint density at radius 3 is 1.94 bits per heavy atom. The molecular weight excluding hydrogens is 232 g/mol. The molecule has 0 radical (unpaired) electrons. The number of aliphatic hydroxyl groups is 1. The van der Waals surface area contributed by atoms with Crippen LogP contribution in [0.1, 0.15) is 41.0 Å². The molecule has 0 rings (SSSR count). The van der Waals surface area contributed by atoms with Crippen molar-refractivity contribution in [2.45, 2.75) is 53.1 Å². The Morgan fingerprint density at radius 1 is 1.06 bits per heavy atom. The van der Waals surface area contributed by atoms with Gasteiger partial charge in [-0.1, -0.05) is 27.7 Å². The zero-order valence-electron chi connectivity index (χ0n) is 12.0. The van der Waals surface area contributed by atoms with Crippen LogP contribution < -0.4 is 10.6 Å². The molecule has 2 unspecified atom stereocenters. The molecule has 106 valence electrons. The second-order valence-electron chi connectivity index (χ2n) is 5.29. The fourth-order valence-electron chi connectivity index (χ4n) is 1.74. The van der Waals surface area contributed by atoms with Crippen LogP contribution in [0.2, 0.25) is 0 Å². The van der Waals surface area contributed by atoms with E-state index in [2.05, 4.69) is 10.6 Å². The highest BCUT2D eigenvalue weighted by molar-refractivity contribution is 5.87. The first-order valence-corrected chi connectivity index (χ1v) is 6.47. The van der Waals surface area contributed by atoms with Gasteiger partial charge < -0.3 is 15.7 Å². The van der Waals surface area contributed by atoms with Gasteiger partial charge in [0.15, 0.2) is 0 Å². The van der Waals surface area contributed by atoms with Gasteiger partial charge in [0.1, 0.15) is 6.04 Å². The predicted molar refractivity (Wildman–Crippen MR) is 70.9 cm³/mol. The summed E-state index contributed by atoms with van der Waals surface area (Å²) in [5.74, 6) is -0.137.